The lowest BCUT2D eigenvalue weighted by atomic mass is 10.1. The molecule has 0 saturated heterocycles. The van der Waals surface area contributed by atoms with Crippen molar-refractivity contribution in [3.8, 4) is 0 Å². The van der Waals surface area contributed by atoms with E-state index in [-0.39, 0.29) is 17.1 Å². The number of benzene rings is 2. The van der Waals surface area contributed by atoms with Gasteiger partial charge in [0.15, 0.2) is 0 Å². The minimum atomic E-state index is -1.08. The predicted octanol–water partition coefficient (Wildman–Crippen LogP) is 3.16. The first kappa shape index (κ1) is 12.9. The minimum Gasteiger partial charge on any atom is -0.478 e. The molecular formula is C14H13FN2O2. The van der Waals surface area contributed by atoms with E-state index in [1.807, 2.05) is 6.92 Å². The number of hydrogen-bond acceptors (Lipinski definition) is 3. The number of aryl methyl sites for hydroxylation is 1. The first-order valence-electron chi connectivity index (χ1n) is 5.63. The van der Waals surface area contributed by atoms with Crippen LogP contribution in [0.25, 0.3) is 0 Å². The van der Waals surface area contributed by atoms with Crippen molar-refractivity contribution in [3.05, 3.63) is 53.3 Å². The minimum absolute atomic E-state index is 0.0431. The molecular weight excluding hydrogens is 247 g/mol. The first-order valence-corrected chi connectivity index (χ1v) is 5.63. The Morgan fingerprint density at radius 2 is 2.00 bits per heavy atom. The quantitative estimate of drug-likeness (QED) is 0.741. The summed E-state index contributed by atoms with van der Waals surface area (Å²) in [7, 11) is 0. The van der Waals surface area contributed by atoms with Gasteiger partial charge >= 0.3 is 5.97 Å². The second-order valence-electron chi connectivity index (χ2n) is 4.19. The molecule has 0 atom stereocenters. The average Bonchev–Trinajstić information content (AvgIpc) is 2.33. The lowest BCUT2D eigenvalue weighted by molar-refractivity contribution is 0.0698. The largest absolute Gasteiger partial charge is 0.478 e. The van der Waals surface area contributed by atoms with Crippen LogP contribution >= 0.6 is 0 Å². The number of anilines is 3. The fourth-order valence-electron chi connectivity index (χ4n) is 1.72. The molecule has 98 valence electrons. The van der Waals surface area contributed by atoms with E-state index >= 15 is 0 Å². The van der Waals surface area contributed by atoms with Crippen LogP contribution in [-0.4, -0.2) is 11.1 Å². The van der Waals surface area contributed by atoms with Crippen molar-refractivity contribution >= 4 is 23.0 Å². The molecule has 0 unspecified atom stereocenters. The van der Waals surface area contributed by atoms with Crippen molar-refractivity contribution in [1.82, 2.24) is 0 Å². The van der Waals surface area contributed by atoms with Crippen LogP contribution < -0.4 is 11.1 Å². The van der Waals surface area contributed by atoms with Gasteiger partial charge in [-0.05, 0) is 42.8 Å². The molecule has 4 nitrogen and oxygen atoms in total. The second kappa shape index (κ2) is 4.97. The van der Waals surface area contributed by atoms with E-state index in [1.165, 1.54) is 24.3 Å². The smallest absolute Gasteiger partial charge is 0.337 e. The number of nitrogens with one attached hydrogen (secondary N) is 1. The number of carboxylic acid groups (broad SMARTS) is 1. The molecule has 0 radical (unpaired) electrons. The molecule has 4 N–H and O–H groups in total. The van der Waals surface area contributed by atoms with Crippen molar-refractivity contribution < 1.29 is 14.3 Å². The predicted molar refractivity (Wildman–Crippen MR) is 72.2 cm³/mol. The van der Waals surface area contributed by atoms with Crippen molar-refractivity contribution in [1.29, 1.82) is 0 Å². The number of rotatable bonds is 3. The number of carbonyl (C=O) groups is 1. The molecule has 2 aromatic rings. The zero-order chi connectivity index (χ0) is 14.0. The summed E-state index contributed by atoms with van der Waals surface area (Å²) in [5.74, 6) is -1.42. The third-order valence-electron chi connectivity index (χ3n) is 2.76. The summed E-state index contributed by atoms with van der Waals surface area (Å²) in [6.07, 6.45) is 0. The van der Waals surface area contributed by atoms with E-state index in [1.54, 1.807) is 12.1 Å². The normalized spacial score (nSPS) is 10.2. The zero-order valence-corrected chi connectivity index (χ0v) is 10.3. The highest BCUT2D eigenvalue weighted by Crippen LogP contribution is 2.24. The number of hydrogen-bond donors (Lipinski definition) is 3. The Hall–Kier alpha value is -2.56. The number of nitrogens with two attached hydrogens (primary N) is 1. The molecule has 0 bridgehead atoms. The number of aromatic carboxylic acids is 1. The van der Waals surface area contributed by atoms with Crippen LogP contribution in [0.5, 0.6) is 0 Å². The van der Waals surface area contributed by atoms with Gasteiger partial charge in [0.2, 0.25) is 0 Å². The maximum absolute atomic E-state index is 13.2. The third-order valence-corrected chi connectivity index (χ3v) is 2.76. The van der Waals surface area contributed by atoms with Gasteiger partial charge in [-0.25, -0.2) is 9.18 Å². The zero-order valence-electron chi connectivity index (χ0n) is 10.3. The van der Waals surface area contributed by atoms with E-state index in [0.29, 0.717) is 11.4 Å². The Labute approximate surface area is 109 Å². The molecule has 2 aromatic carbocycles. The lowest BCUT2D eigenvalue weighted by Gasteiger charge is -2.11. The summed E-state index contributed by atoms with van der Waals surface area (Å²) in [6, 6.07) is 8.91. The van der Waals surface area contributed by atoms with Gasteiger partial charge in [0, 0.05) is 17.1 Å². The molecule has 0 amide bonds. The monoisotopic (exact) mass is 260 g/mol. The van der Waals surface area contributed by atoms with E-state index in [0.717, 1.165) is 5.56 Å². The highest BCUT2D eigenvalue weighted by Gasteiger charge is 2.08. The topological polar surface area (TPSA) is 75.3 Å². The van der Waals surface area contributed by atoms with Crippen LogP contribution in [0.4, 0.5) is 21.5 Å². The van der Waals surface area contributed by atoms with Crippen molar-refractivity contribution in [3.63, 3.8) is 0 Å². The Morgan fingerprint density at radius 1 is 1.26 bits per heavy atom. The Morgan fingerprint density at radius 3 is 2.63 bits per heavy atom. The Kier molecular flexibility index (Phi) is 3.37. The number of halogens is 1. The summed E-state index contributed by atoms with van der Waals surface area (Å²) in [5, 5.41) is 11.9. The molecule has 2 rings (SSSR count). The molecule has 5 heteroatoms. The molecule has 0 aliphatic heterocycles. The molecule has 0 aliphatic carbocycles. The van der Waals surface area contributed by atoms with Crippen LogP contribution in [0, 0.1) is 12.7 Å². The number of nitrogen functional groups attached to an aromatic ring is 1. The van der Waals surface area contributed by atoms with Gasteiger partial charge in [-0.3, -0.25) is 0 Å². The summed E-state index contributed by atoms with van der Waals surface area (Å²) in [6.45, 7) is 1.84. The summed E-state index contributed by atoms with van der Waals surface area (Å²) < 4.78 is 13.2. The van der Waals surface area contributed by atoms with Gasteiger partial charge in [-0.2, -0.15) is 0 Å². The van der Waals surface area contributed by atoms with Crippen LogP contribution in [0.2, 0.25) is 0 Å². The summed E-state index contributed by atoms with van der Waals surface area (Å²) in [5.41, 5.74) is 7.95. The summed E-state index contributed by atoms with van der Waals surface area (Å²) >= 11 is 0. The van der Waals surface area contributed by atoms with E-state index in [9.17, 15) is 9.18 Å². The molecule has 0 aromatic heterocycles. The third kappa shape index (κ3) is 2.82. The van der Waals surface area contributed by atoms with E-state index in [4.69, 9.17) is 10.8 Å². The Bertz CT molecular complexity index is 641. The maximum atomic E-state index is 13.2. The van der Waals surface area contributed by atoms with Crippen molar-refractivity contribution in [2.75, 3.05) is 11.1 Å². The van der Waals surface area contributed by atoms with Crippen molar-refractivity contribution in [2.45, 2.75) is 6.92 Å². The second-order valence-corrected chi connectivity index (χ2v) is 4.19. The SMILES string of the molecule is Cc1ccc(F)cc1Nc1ccc(C(=O)O)c(N)c1. The molecule has 0 saturated carbocycles. The van der Waals surface area contributed by atoms with E-state index in [2.05, 4.69) is 5.32 Å². The van der Waals surface area contributed by atoms with Gasteiger partial charge in [0.05, 0.1) is 5.56 Å². The maximum Gasteiger partial charge on any atom is 0.337 e. The molecule has 0 fully saturated rings. The highest BCUT2D eigenvalue weighted by molar-refractivity contribution is 5.94. The highest BCUT2D eigenvalue weighted by atomic mass is 19.1. The average molecular weight is 260 g/mol. The number of carboxylic acids is 1. The van der Waals surface area contributed by atoms with Crippen molar-refractivity contribution in [2.24, 2.45) is 0 Å². The van der Waals surface area contributed by atoms with Gasteiger partial charge < -0.3 is 16.2 Å². The molecule has 0 heterocycles. The van der Waals surface area contributed by atoms with Crippen LogP contribution in [-0.2, 0) is 0 Å². The Balaban J connectivity index is 2.31. The fraction of sp³-hybridized carbons (Fsp3) is 0.0714. The standard InChI is InChI=1S/C14H13FN2O2/c1-8-2-3-9(15)6-13(8)17-10-4-5-11(14(18)19)12(16)7-10/h2-7,17H,16H2,1H3,(H,18,19). The fourth-order valence-corrected chi connectivity index (χ4v) is 1.72. The van der Waals surface area contributed by atoms with Gasteiger partial charge in [-0.15, -0.1) is 0 Å². The van der Waals surface area contributed by atoms with Crippen LogP contribution in [0.15, 0.2) is 36.4 Å². The van der Waals surface area contributed by atoms with Crippen LogP contribution in [0.1, 0.15) is 15.9 Å². The van der Waals surface area contributed by atoms with E-state index < -0.39 is 5.97 Å². The molecule has 0 aliphatic rings. The molecule has 19 heavy (non-hydrogen) atoms. The lowest BCUT2D eigenvalue weighted by Crippen LogP contribution is -2.03. The molecule has 0 spiro atoms. The first-order chi connectivity index (χ1) is 8.97. The van der Waals surface area contributed by atoms with Crippen LogP contribution in [0.3, 0.4) is 0 Å². The van der Waals surface area contributed by atoms with Gasteiger partial charge in [0.25, 0.3) is 0 Å². The summed E-state index contributed by atoms with van der Waals surface area (Å²) in [4.78, 5) is 10.8. The van der Waals surface area contributed by atoms with Gasteiger partial charge in [0.1, 0.15) is 5.82 Å². The van der Waals surface area contributed by atoms with Gasteiger partial charge in [-0.1, -0.05) is 6.07 Å².